The molecule has 1 N–H and O–H groups in total. The summed E-state index contributed by atoms with van der Waals surface area (Å²) >= 11 is 0. The number of aryl methyl sites for hydroxylation is 1. The van der Waals surface area contributed by atoms with Crippen molar-refractivity contribution in [2.75, 3.05) is 33.3 Å². The highest BCUT2D eigenvalue weighted by Crippen LogP contribution is 2.41. The minimum absolute atomic E-state index is 0.0432. The van der Waals surface area contributed by atoms with Crippen molar-refractivity contribution in [1.82, 2.24) is 9.80 Å². The third-order valence-corrected chi connectivity index (χ3v) is 6.89. The van der Waals surface area contributed by atoms with Gasteiger partial charge in [0.25, 0.3) is 5.91 Å². The SMILES string of the molecule is Cc1ccccc1-c1ccc(C(=O)N2CC[C@@]3(CO)CCCN(C)[C@@H]3C2)cc1. The van der Waals surface area contributed by atoms with E-state index >= 15 is 0 Å². The Morgan fingerprint density at radius 1 is 1.11 bits per heavy atom. The molecule has 2 saturated heterocycles. The van der Waals surface area contributed by atoms with Gasteiger partial charge in [-0.15, -0.1) is 0 Å². The summed E-state index contributed by atoms with van der Waals surface area (Å²) < 4.78 is 0. The lowest BCUT2D eigenvalue weighted by atomic mass is 9.69. The highest BCUT2D eigenvalue weighted by Gasteiger charge is 2.47. The van der Waals surface area contributed by atoms with Crippen molar-refractivity contribution in [2.45, 2.75) is 32.2 Å². The monoisotopic (exact) mass is 378 g/mol. The van der Waals surface area contributed by atoms with Crippen LogP contribution in [0.1, 0.15) is 35.2 Å². The molecule has 148 valence electrons. The van der Waals surface area contributed by atoms with Crippen molar-refractivity contribution in [1.29, 1.82) is 0 Å². The largest absolute Gasteiger partial charge is 0.396 e. The predicted molar refractivity (Wildman–Crippen MR) is 112 cm³/mol. The van der Waals surface area contributed by atoms with Crippen LogP contribution in [0.25, 0.3) is 11.1 Å². The Balaban J connectivity index is 1.51. The summed E-state index contributed by atoms with van der Waals surface area (Å²) in [5.41, 5.74) is 4.28. The Morgan fingerprint density at radius 2 is 1.86 bits per heavy atom. The van der Waals surface area contributed by atoms with Crippen LogP contribution >= 0.6 is 0 Å². The van der Waals surface area contributed by atoms with Gasteiger partial charge in [-0.1, -0.05) is 36.4 Å². The molecule has 0 aromatic heterocycles. The second kappa shape index (κ2) is 7.69. The van der Waals surface area contributed by atoms with E-state index in [1.807, 2.05) is 41.3 Å². The molecule has 28 heavy (non-hydrogen) atoms. The number of hydrogen-bond acceptors (Lipinski definition) is 3. The number of aliphatic hydroxyl groups excluding tert-OH is 1. The van der Waals surface area contributed by atoms with Crippen molar-refractivity contribution in [3.63, 3.8) is 0 Å². The average molecular weight is 379 g/mol. The fraction of sp³-hybridized carbons (Fsp3) is 0.458. The number of fused-ring (bicyclic) bond motifs is 1. The van der Waals surface area contributed by atoms with Crippen LogP contribution in [-0.4, -0.2) is 60.1 Å². The Bertz CT molecular complexity index is 848. The lowest BCUT2D eigenvalue weighted by Crippen LogP contribution is -2.62. The van der Waals surface area contributed by atoms with Gasteiger partial charge in [-0.2, -0.15) is 0 Å². The van der Waals surface area contributed by atoms with Gasteiger partial charge in [-0.05, 0) is 68.6 Å². The van der Waals surface area contributed by atoms with Crippen LogP contribution in [0.5, 0.6) is 0 Å². The van der Waals surface area contributed by atoms with Crippen LogP contribution in [0.3, 0.4) is 0 Å². The minimum atomic E-state index is -0.0432. The summed E-state index contributed by atoms with van der Waals surface area (Å²) in [4.78, 5) is 17.4. The fourth-order valence-electron chi connectivity index (χ4n) is 5.07. The molecular formula is C24H30N2O2. The molecule has 4 heteroatoms. The van der Waals surface area contributed by atoms with Crippen molar-refractivity contribution < 1.29 is 9.90 Å². The predicted octanol–water partition coefficient (Wildman–Crippen LogP) is 3.58. The zero-order chi connectivity index (χ0) is 19.7. The number of rotatable bonds is 3. The standard InChI is InChI=1S/C24H30N2O2/c1-18-6-3-4-7-21(18)19-8-10-20(11-9-19)23(28)26-15-13-24(17-27)12-5-14-25(2)22(24)16-26/h3-4,6-11,22,27H,5,12-17H2,1-2H3/t22-,24-/m1/s1. The molecule has 2 fully saturated rings. The summed E-state index contributed by atoms with van der Waals surface area (Å²) in [6.07, 6.45) is 3.07. The molecule has 2 aromatic carbocycles. The van der Waals surface area contributed by atoms with Crippen LogP contribution in [0.2, 0.25) is 0 Å². The number of likely N-dealkylation sites (tertiary alicyclic amines) is 2. The van der Waals surface area contributed by atoms with E-state index < -0.39 is 0 Å². The van der Waals surface area contributed by atoms with Gasteiger partial charge in [-0.3, -0.25) is 4.79 Å². The number of likely N-dealkylation sites (N-methyl/N-ethyl adjacent to an activating group) is 1. The molecule has 0 bridgehead atoms. The van der Waals surface area contributed by atoms with Gasteiger partial charge < -0.3 is 14.9 Å². The minimum Gasteiger partial charge on any atom is -0.396 e. The van der Waals surface area contributed by atoms with Crippen molar-refractivity contribution in [3.05, 3.63) is 59.7 Å². The molecule has 2 atom stereocenters. The molecule has 1 amide bonds. The first kappa shape index (κ1) is 19.2. The molecule has 0 aliphatic carbocycles. The van der Waals surface area contributed by atoms with Gasteiger partial charge >= 0.3 is 0 Å². The molecule has 2 aliphatic heterocycles. The number of nitrogens with zero attached hydrogens (tertiary/aromatic N) is 2. The molecule has 4 rings (SSSR count). The highest BCUT2D eigenvalue weighted by atomic mass is 16.3. The first-order valence-electron chi connectivity index (χ1n) is 10.3. The Morgan fingerprint density at radius 3 is 2.57 bits per heavy atom. The van der Waals surface area contributed by atoms with Crippen molar-refractivity contribution in [2.24, 2.45) is 5.41 Å². The smallest absolute Gasteiger partial charge is 0.253 e. The summed E-state index contributed by atoms with van der Waals surface area (Å²) in [7, 11) is 2.12. The molecule has 0 radical (unpaired) electrons. The zero-order valence-corrected chi connectivity index (χ0v) is 16.9. The molecule has 0 unspecified atom stereocenters. The fourth-order valence-corrected chi connectivity index (χ4v) is 5.07. The summed E-state index contributed by atoms with van der Waals surface area (Å²) in [5, 5.41) is 10.1. The van der Waals surface area contributed by atoms with E-state index in [4.69, 9.17) is 0 Å². The number of hydrogen-bond donors (Lipinski definition) is 1. The highest BCUT2D eigenvalue weighted by molar-refractivity contribution is 5.95. The molecule has 2 aliphatic rings. The van der Waals surface area contributed by atoms with Crippen molar-refractivity contribution in [3.8, 4) is 11.1 Å². The van der Waals surface area contributed by atoms with Gasteiger partial charge in [0.15, 0.2) is 0 Å². The molecular weight excluding hydrogens is 348 g/mol. The lowest BCUT2D eigenvalue weighted by Gasteiger charge is -2.53. The first-order valence-corrected chi connectivity index (χ1v) is 10.3. The van der Waals surface area contributed by atoms with E-state index in [0.717, 1.165) is 43.5 Å². The van der Waals surface area contributed by atoms with E-state index in [2.05, 4.69) is 31.0 Å². The van der Waals surface area contributed by atoms with Gasteiger partial charge in [-0.25, -0.2) is 0 Å². The van der Waals surface area contributed by atoms with E-state index in [1.165, 1.54) is 11.1 Å². The second-order valence-electron chi connectivity index (χ2n) is 8.51. The Hall–Kier alpha value is -2.17. The number of amides is 1. The first-order chi connectivity index (χ1) is 13.5. The van der Waals surface area contributed by atoms with E-state index in [0.29, 0.717) is 6.54 Å². The molecule has 4 nitrogen and oxygen atoms in total. The van der Waals surface area contributed by atoms with Gasteiger partial charge in [0, 0.05) is 30.1 Å². The molecule has 2 aromatic rings. The van der Waals surface area contributed by atoms with Crippen LogP contribution < -0.4 is 0 Å². The van der Waals surface area contributed by atoms with Gasteiger partial charge in [0.05, 0.1) is 6.61 Å². The maximum absolute atomic E-state index is 13.1. The van der Waals surface area contributed by atoms with E-state index in [-0.39, 0.29) is 24.0 Å². The topological polar surface area (TPSA) is 43.8 Å². The van der Waals surface area contributed by atoms with Crippen molar-refractivity contribution >= 4 is 5.91 Å². The number of aliphatic hydroxyl groups is 1. The van der Waals surface area contributed by atoms with Crippen LogP contribution in [0.15, 0.2) is 48.5 Å². The Kier molecular flexibility index (Phi) is 5.26. The van der Waals surface area contributed by atoms with Crippen LogP contribution in [-0.2, 0) is 0 Å². The molecule has 2 heterocycles. The van der Waals surface area contributed by atoms with Crippen LogP contribution in [0, 0.1) is 12.3 Å². The third kappa shape index (κ3) is 3.36. The number of carbonyl (C=O) groups excluding carboxylic acids is 1. The number of carbonyl (C=O) groups is 1. The summed E-state index contributed by atoms with van der Waals surface area (Å²) in [6.45, 7) is 4.80. The quantitative estimate of drug-likeness (QED) is 0.888. The third-order valence-electron chi connectivity index (χ3n) is 6.89. The van der Waals surface area contributed by atoms with Crippen LogP contribution in [0.4, 0.5) is 0 Å². The number of benzene rings is 2. The zero-order valence-electron chi connectivity index (χ0n) is 16.9. The normalized spacial score (nSPS) is 25.4. The second-order valence-corrected chi connectivity index (χ2v) is 8.51. The van der Waals surface area contributed by atoms with Gasteiger partial charge in [0.2, 0.25) is 0 Å². The van der Waals surface area contributed by atoms with E-state index in [9.17, 15) is 9.90 Å². The maximum atomic E-state index is 13.1. The molecule has 0 spiro atoms. The Labute approximate surface area is 167 Å². The maximum Gasteiger partial charge on any atom is 0.253 e. The molecule has 0 saturated carbocycles. The lowest BCUT2D eigenvalue weighted by molar-refractivity contribution is -0.0601. The summed E-state index contributed by atoms with van der Waals surface area (Å²) in [6, 6.07) is 16.5. The summed E-state index contributed by atoms with van der Waals surface area (Å²) in [5.74, 6) is 0.0989. The van der Waals surface area contributed by atoms with E-state index in [1.54, 1.807) is 0 Å². The van der Waals surface area contributed by atoms with Gasteiger partial charge in [0.1, 0.15) is 0 Å². The number of piperidine rings is 2. The average Bonchev–Trinajstić information content (AvgIpc) is 2.74.